The van der Waals surface area contributed by atoms with Gasteiger partial charge in [0.15, 0.2) is 5.75 Å². The van der Waals surface area contributed by atoms with Crippen molar-refractivity contribution in [3.63, 3.8) is 0 Å². The molecule has 10 heteroatoms. The number of nitrogens with two attached hydrogens (primary N) is 1. The van der Waals surface area contributed by atoms with Gasteiger partial charge in [0.25, 0.3) is 0 Å². The van der Waals surface area contributed by atoms with Gasteiger partial charge < -0.3 is 15.9 Å². The molecular formula is C17H13N3O6S. The molecule has 3 aromatic rings. The van der Waals surface area contributed by atoms with Crippen molar-refractivity contribution < 1.29 is 29.6 Å². The van der Waals surface area contributed by atoms with E-state index in [2.05, 4.69) is 19.6 Å². The molecule has 5 N–H and O–H groups in total. The van der Waals surface area contributed by atoms with E-state index in [1.54, 1.807) is 36.4 Å². The fraction of sp³-hybridized carbons (Fsp3) is 0. The van der Waals surface area contributed by atoms with E-state index < -0.39 is 5.97 Å². The highest BCUT2D eigenvalue weighted by Crippen LogP contribution is 2.44. The summed E-state index contributed by atoms with van der Waals surface area (Å²) in [5.74, 6) is -1.37. The fourth-order valence-corrected chi connectivity index (χ4v) is 2.92. The van der Waals surface area contributed by atoms with Crippen LogP contribution in [0.15, 0.2) is 63.7 Å². The fourth-order valence-electron chi connectivity index (χ4n) is 2.43. The molecule has 0 saturated heterocycles. The molecular weight excluding hydrogens is 374 g/mol. The Kier molecular flexibility index (Phi) is 5.52. The molecule has 0 aromatic heterocycles. The Morgan fingerprint density at radius 2 is 1.89 bits per heavy atom. The highest BCUT2D eigenvalue weighted by molar-refractivity contribution is 7.94. The number of nitrogens with zero attached hydrogens (tertiary/aromatic N) is 2. The lowest BCUT2D eigenvalue weighted by Gasteiger charge is -2.09. The molecule has 3 aromatic carbocycles. The molecule has 0 heterocycles. The van der Waals surface area contributed by atoms with Crippen LogP contribution < -0.4 is 5.73 Å². The smallest absolute Gasteiger partial charge is 0.337 e. The molecule has 3 rings (SSSR count). The number of benzene rings is 3. The number of rotatable bonds is 6. The molecule has 0 radical (unpaired) electrons. The van der Waals surface area contributed by atoms with E-state index in [0.29, 0.717) is 28.5 Å². The number of anilines is 1. The van der Waals surface area contributed by atoms with E-state index in [1.807, 2.05) is 0 Å². The van der Waals surface area contributed by atoms with Gasteiger partial charge in [0.1, 0.15) is 11.4 Å². The van der Waals surface area contributed by atoms with Gasteiger partial charge in [0, 0.05) is 11.1 Å². The number of fused-ring (bicyclic) bond motifs is 1. The average molecular weight is 387 g/mol. The van der Waals surface area contributed by atoms with Crippen LogP contribution in [0.3, 0.4) is 0 Å². The lowest BCUT2D eigenvalue weighted by molar-refractivity contribution is -0.432. The van der Waals surface area contributed by atoms with E-state index in [0.717, 1.165) is 0 Å². The standard InChI is InChI=1S/C17H13N3O6S/c18-10-5-6-11-9(7-10)8-14(27-26-25-24)15(16(11)21)20-19-13-4-2-1-3-12(13)17(22)23/h1-8,21,24H,18H2,(H,22,23). The zero-order valence-corrected chi connectivity index (χ0v) is 14.4. The molecule has 0 aliphatic carbocycles. The van der Waals surface area contributed by atoms with Crippen molar-refractivity contribution in [2.24, 2.45) is 10.2 Å². The highest BCUT2D eigenvalue weighted by Gasteiger charge is 2.16. The summed E-state index contributed by atoms with van der Waals surface area (Å²) in [7, 11) is 0. The topological polar surface area (TPSA) is 147 Å². The Labute approximate surface area is 156 Å². The normalized spacial score (nSPS) is 11.3. The number of carboxylic acids is 1. The van der Waals surface area contributed by atoms with Gasteiger partial charge in [-0.05, 0) is 41.8 Å². The summed E-state index contributed by atoms with van der Waals surface area (Å²) in [5.41, 5.74) is 6.32. The van der Waals surface area contributed by atoms with Crippen LogP contribution in [0, 0.1) is 0 Å². The van der Waals surface area contributed by atoms with E-state index in [4.69, 9.17) is 11.0 Å². The van der Waals surface area contributed by atoms with Gasteiger partial charge in [-0.1, -0.05) is 17.2 Å². The Morgan fingerprint density at radius 3 is 2.63 bits per heavy atom. The molecule has 9 nitrogen and oxygen atoms in total. The maximum absolute atomic E-state index is 11.3. The summed E-state index contributed by atoms with van der Waals surface area (Å²) in [6.07, 6.45) is 0. The summed E-state index contributed by atoms with van der Waals surface area (Å²) in [6, 6.07) is 12.5. The van der Waals surface area contributed by atoms with Crippen molar-refractivity contribution in [3.8, 4) is 5.75 Å². The predicted octanol–water partition coefficient (Wildman–Crippen LogP) is 4.67. The summed E-state index contributed by atoms with van der Waals surface area (Å²) in [4.78, 5) is 11.5. The largest absolute Gasteiger partial charge is 0.505 e. The number of nitrogen functional groups attached to an aromatic ring is 1. The molecule has 0 saturated carbocycles. The number of hydrogen-bond donors (Lipinski definition) is 4. The highest BCUT2D eigenvalue weighted by atomic mass is 32.2. The minimum atomic E-state index is -1.16. The van der Waals surface area contributed by atoms with Crippen molar-refractivity contribution >= 4 is 45.8 Å². The second-order valence-electron chi connectivity index (χ2n) is 5.30. The molecule has 0 bridgehead atoms. The predicted molar refractivity (Wildman–Crippen MR) is 98.3 cm³/mol. The molecule has 0 atom stereocenters. The monoisotopic (exact) mass is 387 g/mol. The zero-order valence-electron chi connectivity index (χ0n) is 13.6. The number of phenolic OH excluding ortho intramolecular Hbond substituents is 1. The molecule has 0 unspecified atom stereocenters. The van der Waals surface area contributed by atoms with Gasteiger partial charge in [-0.3, -0.25) is 0 Å². The van der Waals surface area contributed by atoms with Crippen molar-refractivity contribution in [1.82, 2.24) is 0 Å². The Morgan fingerprint density at radius 1 is 1.11 bits per heavy atom. The Bertz CT molecular complexity index is 1040. The lowest BCUT2D eigenvalue weighted by atomic mass is 10.1. The second-order valence-corrected chi connectivity index (χ2v) is 6.04. The third-order valence-electron chi connectivity index (χ3n) is 3.62. The van der Waals surface area contributed by atoms with Gasteiger partial charge in [-0.2, -0.15) is 0 Å². The molecule has 0 aliphatic heterocycles. The van der Waals surface area contributed by atoms with Crippen LogP contribution in [-0.2, 0) is 9.37 Å². The van der Waals surface area contributed by atoms with Gasteiger partial charge >= 0.3 is 5.97 Å². The first-order chi connectivity index (χ1) is 13.0. The Balaban J connectivity index is 2.13. The van der Waals surface area contributed by atoms with E-state index in [-0.39, 0.29) is 27.6 Å². The lowest BCUT2D eigenvalue weighted by Crippen LogP contribution is -1.95. The number of hydrogen-bond acceptors (Lipinski definition) is 9. The zero-order chi connectivity index (χ0) is 19.4. The minimum Gasteiger partial charge on any atom is -0.505 e. The van der Waals surface area contributed by atoms with Gasteiger partial charge in [-0.15, -0.1) is 14.6 Å². The van der Waals surface area contributed by atoms with Crippen molar-refractivity contribution in [1.29, 1.82) is 0 Å². The van der Waals surface area contributed by atoms with Crippen LogP contribution in [-0.4, -0.2) is 21.4 Å². The van der Waals surface area contributed by atoms with Gasteiger partial charge in [-0.25, -0.2) is 10.1 Å². The minimum absolute atomic E-state index is 0.00881. The summed E-state index contributed by atoms with van der Waals surface area (Å²) in [5, 5.41) is 40.8. The van der Waals surface area contributed by atoms with Gasteiger partial charge in [0.05, 0.1) is 22.5 Å². The summed E-state index contributed by atoms with van der Waals surface area (Å²) < 4.78 is 4.44. The summed E-state index contributed by atoms with van der Waals surface area (Å²) in [6.45, 7) is 0. The quantitative estimate of drug-likeness (QED) is 0.157. The van der Waals surface area contributed by atoms with Crippen LogP contribution >= 0.6 is 12.0 Å². The molecule has 27 heavy (non-hydrogen) atoms. The first-order valence-electron chi connectivity index (χ1n) is 7.45. The third kappa shape index (κ3) is 3.99. The first-order valence-corrected chi connectivity index (χ1v) is 8.19. The van der Waals surface area contributed by atoms with Crippen molar-refractivity contribution in [3.05, 3.63) is 54.1 Å². The third-order valence-corrected chi connectivity index (χ3v) is 4.24. The van der Waals surface area contributed by atoms with Gasteiger partial charge in [0.2, 0.25) is 0 Å². The van der Waals surface area contributed by atoms with Crippen molar-refractivity contribution in [2.75, 3.05) is 5.73 Å². The molecule has 0 fully saturated rings. The Hall–Kier alpha value is -3.18. The molecule has 0 amide bonds. The molecule has 0 aliphatic rings. The van der Waals surface area contributed by atoms with E-state index in [1.165, 1.54) is 12.1 Å². The number of carbonyl (C=O) groups is 1. The van der Waals surface area contributed by atoms with Crippen LogP contribution in [0.4, 0.5) is 17.1 Å². The molecule has 138 valence electrons. The first kappa shape index (κ1) is 18.6. The number of aromatic hydroxyl groups is 1. The maximum atomic E-state index is 11.3. The number of aromatic carboxylic acids is 1. The number of phenols is 1. The van der Waals surface area contributed by atoms with E-state index in [9.17, 15) is 15.0 Å². The molecule has 0 spiro atoms. The SMILES string of the molecule is Nc1ccc2c(O)c(N=Nc3ccccc3C(=O)O)c(SOOO)cc2c1. The van der Waals surface area contributed by atoms with Crippen LogP contribution in [0.5, 0.6) is 5.75 Å². The van der Waals surface area contributed by atoms with Crippen LogP contribution in [0.1, 0.15) is 10.4 Å². The average Bonchev–Trinajstić information content (AvgIpc) is 2.65. The number of azo groups is 1. The summed E-state index contributed by atoms with van der Waals surface area (Å²) >= 11 is 0.584. The maximum Gasteiger partial charge on any atom is 0.337 e. The van der Waals surface area contributed by atoms with E-state index >= 15 is 0 Å². The number of carboxylic acid groups (broad SMARTS) is 1. The van der Waals surface area contributed by atoms with Crippen LogP contribution in [0.2, 0.25) is 0 Å². The second kappa shape index (κ2) is 8.01. The van der Waals surface area contributed by atoms with Crippen molar-refractivity contribution in [2.45, 2.75) is 4.90 Å². The van der Waals surface area contributed by atoms with Crippen LogP contribution in [0.25, 0.3) is 10.8 Å².